The molecule has 0 bridgehead atoms. The molecule has 0 N–H and O–H groups in total. The maximum absolute atomic E-state index is 12.1. The maximum Gasteiger partial charge on any atom is 0.334 e. The Labute approximate surface area is 126 Å². The molecule has 108 valence electrons. The molecule has 0 radical (unpaired) electrons. The van der Waals surface area contributed by atoms with E-state index in [0.717, 1.165) is 23.1 Å². The van der Waals surface area contributed by atoms with Gasteiger partial charge in [-0.25, -0.2) is 4.79 Å². The van der Waals surface area contributed by atoms with Gasteiger partial charge in [0.15, 0.2) is 0 Å². The third-order valence-corrected chi connectivity index (χ3v) is 3.60. The molecule has 0 amide bonds. The highest BCUT2D eigenvalue weighted by Crippen LogP contribution is 2.22. The molecule has 0 aromatic heterocycles. The largest absolute Gasteiger partial charge is 0.466 e. The SMILES string of the molecule is COC(=O)/C(CCc1ccccc1)=C(/C)c1ccccc1. The number of rotatable bonds is 5. The van der Waals surface area contributed by atoms with Crippen molar-refractivity contribution >= 4 is 11.5 Å². The second kappa shape index (κ2) is 7.44. The normalized spacial score (nSPS) is 11.7. The smallest absolute Gasteiger partial charge is 0.334 e. The van der Waals surface area contributed by atoms with E-state index < -0.39 is 0 Å². The van der Waals surface area contributed by atoms with Gasteiger partial charge in [0.25, 0.3) is 0 Å². The first-order valence-electron chi connectivity index (χ1n) is 7.09. The summed E-state index contributed by atoms with van der Waals surface area (Å²) in [6.07, 6.45) is 1.51. The lowest BCUT2D eigenvalue weighted by molar-refractivity contribution is -0.136. The number of esters is 1. The Morgan fingerprint density at radius 1 is 0.952 bits per heavy atom. The zero-order valence-corrected chi connectivity index (χ0v) is 12.5. The third-order valence-electron chi connectivity index (χ3n) is 3.60. The second-order valence-electron chi connectivity index (χ2n) is 4.95. The Bertz CT molecular complexity index is 613. The van der Waals surface area contributed by atoms with Crippen molar-refractivity contribution in [3.8, 4) is 0 Å². The van der Waals surface area contributed by atoms with Crippen LogP contribution < -0.4 is 0 Å². The van der Waals surface area contributed by atoms with Gasteiger partial charge in [-0.05, 0) is 36.5 Å². The van der Waals surface area contributed by atoms with E-state index in [4.69, 9.17) is 4.74 Å². The van der Waals surface area contributed by atoms with Crippen LogP contribution >= 0.6 is 0 Å². The summed E-state index contributed by atoms with van der Waals surface area (Å²) in [6.45, 7) is 1.98. The monoisotopic (exact) mass is 280 g/mol. The van der Waals surface area contributed by atoms with E-state index in [9.17, 15) is 4.79 Å². The van der Waals surface area contributed by atoms with Gasteiger partial charge in [0.05, 0.1) is 7.11 Å². The molecule has 2 nitrogen and oxygen atoms in total. The van der Waals surface area contributed by atoms with Crippen molar-refractivity contribution in [1.29, 1.82) is 0 Å². The van der Waals surface area contributed by atoms with Gasteiger partial charge in [0.2, 0.25) is 0 Å². The van der Waals surface area contributed by atoms with E-state index in [1.165, 1.54) is 12.7 Å². The van der Waals surface area contributed by atoms with Crippen molar-refractivity contribution in [3.05, 3.63) is 77.4 Å². The molecular weight excluding hydrogens is 260 g/mol. The van der Waals surface area contributed by atoms with Crippen LogP contribution in [-0.2, 0) is 16.0 Å². The summed E-state index contributed by atoms with van der Waals surface area (Å²) in [5.74, 6) is -0.243. The summed E-state index contributed by atoms with van der Waals surface area (Å²) in [5, 5.41) is 0. The number of aryl methyl sites for hydroxylation is 1. The van der Waals surface area contributed by atoms with E-state index in [2.05, 4.69) is 12.1 Å². The summed E-state index contributed by atoms with van der Waals surface area (Å²) in [5.41, 5.74) is 4.01. The van der Waals surface area contributed by atoms with Gasteiger partial charge in [-0.3, -0.25) is 0 Å². The lowest BCUT2D eigenvalue weighted by Gasteiger charge is -2.11. The second-order valence-corrected chi connectivity index (χ2v) is 4.95. The zero-order valence-electron chi connectivity index (χ0n) is 12.5. The van der Waals surface area contributed by atoms with Crippen LogP contribution in [-0.4, -0.2) is 13.1 Å². The standard InChI is InChI=1S/C19H20O2/c1-15(17-11-7-4-8-12-17)18(19(20)21-2)14-13-16-9-5-3-6-10-16/h3-12H,13-14H2,1-2H3/b18-15-. The molecule has 21 heavy (non-hydrogen) atoms. The molecule has 0 saturated heterocycles. The van der Waals surface area contributed by atoms with Gasteiger partial charge >= 0.3 is 5.97 Å². The van der Waals surface area contributed by atoms with E-state index in [1.807, 2.05) is 55.5 Å². The van der Waals surface area contributed by atoms with Gasteiger partial charge in [-0.1, -0.05) is 60.7 Å². The maximum atomic E-state index is 12.1. The topological polar surface area (TPSA) is 26.3 Å². The van der Waals surface area contributed by atoms with Crippen LogP contribution in [0.2, 0.25) is 0 Å². The van der Waals surface area contributed by atoms with E-state index in [0.29, 0.717) is 6.42 Å². The number of benzene rings is 2. The molecule has 0 fully saturated rings. The fourth-order valence-electron chi connectivity index (χ4n) is 2.34. The van der Waals surface area contributed by atoms with Gasteiger partial charge in [0, 0.05) is 5.57 Å². The minimum atomic E-state index is -0.243. The van der Waals surface area contributed by atoms with Crippen molar-refractivity contribution in [2.75, 3.05) is 7.11 Å². The number of ether oxygens (including phenoxy) is 1. The molecule has 2 aromatic carbocycles. The van der Waals surface area contributed by atoms with Gasteiger partial charge < -0.3 is 4.74 Å². The van der Waals surface area contributed by atoms with Gasteiger partial charge in [-0.15, -0.1) is 0 Å². The summed E-state index contributed by atoms with van der Waals surface area (Å²) < 4.78 is 4.95. The van der Waals surface area contributed by atoms with Crippen LogP contribution in [0.15, 0.2) is 66.2 Å². The first-order valence-corrected chi connectivity index (χ1v) is 7.09. The Morgan fingerprint density at radius 2 is 1.52 bits per heavy atom. The summed E-state index contributed by atoms with van der Waals surface area (Å²) in [7, 11) is 1.43. The average Bonchev–Trinajstić information content (AvgIpc) is 2.56. The number of carbonyl (C=O) groups excluding carboxylic acids is 1. The summed E-state index contributed by atoms with van der Waals surface area (Å²) in [6, 6.07) is 20.1. The molecule has 0 heterocycles. The van der Waals surface area contributed by atoms with Crippen LogP contribution in [0.1, 0.15) is 24.5 Å². The molecule has 0 aliphatic heterocycles. The highest BCUT2D eigenvalue weighted by molar-refractivity contribution is 5.97. The highest BCUT2D eigenvalue weighted by atomic mass is 16.5. The third kappa shape index (κ3) is 4.06. The number of allylic oxidation sites excluding steroid dienone is 1. The van der Waals surface area contributed by atoms with Gasteiger partial charge in [0.1, 0.15) is 0 Å². The summed E-state index contributed by atoms with van der Waals surface area (Å²) in [4.78, 5) is 12.1. The minimum absolute atomic E-state index is 0.243. The van der Waals surface area contributed by atoms with E-state index >= 15 is 0 Å². The van der Waals surface area contributed by atoms with Crippen LogP contribution in [0.25, 0.3) is 5.57 Å². The first kappa shape index (κ1) is 15.0. The predicted molar refractivity (Wildman–Crippen MR) is 85.8 cm³/mol. The Balaban J connectivity index is 2.24. The predicted octanol–water partition coefficient (Wildman–Crippen LogP) is 4.27. The Morgan fingerprint density at radius 3 is 2.10 bits per heavy atom. The highest BCUT2D eigenvalue weighted by Gasteiger charge is 2.14. The summed E-state index contributed by atoms with van der Waals surface area (Å²) >= 11 is 0. The molecule has 0 aliphatic rings. The van der Waals surface area contributed by atoms with Crippen LogP contribution in [0.5, 0.6) is 0 Å². The molecule has 2 rings (SSSR count). The lowest BCUT2D eigenvalue weighted by atomic mass is 9.96. The molecule has 0 saturated carbocycles. The quantitative estimate of drug-likeness (QED) is 0.604. The minimum Gasteiger partial charge on any atom is -0.466 e. The zero-order chi connectivity index (χ0) is 15.1. The Hall–Kier alpha value is -2.35. The van der Waals surface area contributed by atoms with Crippen molar-refractivity contribution in [1.82, 2.24) is 0 Å². The van der Waals surface area contributed by atoms with Crippen LogP contribution in [0.3, 0.4) is 0 Å². The van der Waals surface area contributed by atoms with E-state index in [1.54, 1.807) is 0 Å². The lowest BCUT2D eigenvalue weighted by Crippen LogP contribution is -2.08. The van der Waals surface area contributed by atoms with Crippen molar-refractivity contribution in [2.24, 2.45) is 0 Å². The van der Waals surface area contributed by atoms with Crippen molar-refractivity contribution in [3.63, 3.8) is 0 Å². The number of carbonyl (C=O) groups is 1. The first-order chi connectivity index (χ1) is 10.2. The molecule has 0 unspecified atom stereocenters. The fourth-order valence-corrected chi connectivity index (χ4v) is 2.34. The molecule has 2 heteroatoms. The van der Waals surface area contributed by atoms with Gasteiger partial charge in [-0.2, -0.15) is 0 Å². The number of hydrogen-bond acceptors (Lipinski definition) is 2. The molecule has 2 aromatic rings. The van der Waals surface area contributed by atoms with Crippen LogP contribution in [0, 0.1) is 0 Å². The average molecular weight is 280 g/mol. The van der Waals surface area contributed by atoms with Crippen LogP contribution in [0.4, 0.5) is 0 Å². The number of hydrogen-bond donors (Lipinski definition) is 0. The van der Waals surface area contributed by atoms with E-state index in [-0.39, 0.29) is 5.97 Å². The molecular formula is C19H20O2. The van der Waals surface area contributed by atoms with Crippen molar-refractivity contribution in [2.45, 2.75) is 19.8 Å². The molecule has 0 aliphatic carbocycles. The molecule has 0 spiro atoms. The number of methoxy groups -OCH3 is 1. The fraction of sp³-hybridized carbons (Fsp3) is 0.211. The van der Waals surface area contributed by atoms with Crippen molar-refractivity contribution < 1.29 is 9.53 Å². The molecule has 0 atom stereocenters. The Kier molecular flexibility index (Phi) is 5.33.